The van der Waals surface area contributed by atoms with Gasteiger partial charge >= 0.3 is 0 Å². The summed E-state index contributed by atoms with van der Waals surface area (Å²) in [6, 6.07) is 8.92. The van der Waals surface area contributed by atoms with Crippen molar-refractivity contribution in [2.24, 2.45) is 11.7 Å². The Balaban J connectivity index is 1.87. The summed E-state index contributed by atoms with van der Waals surface area (Å²) in [5.74, 6) is 1.69. The van der Waals surface area contributed by atoms with Gasteiger partial charge in [0.05, 0.1) is 0 Å². The van der Waals surface area contributed by atoms with E-state index in [2.05, 4.69) is 30.9 Å². The van der Waals surface area contributed by atoms with Gasteiger partial charge in [0, 0.05) is 30.1 Å². The molecule has 0 aliphatic carbocycles. The molecule has 1 saturated heterocycles. The molecule has 1 aromatic heterocycles. The van der Waals surface area contributed by atoms with Crippen LogP contribution in [0.15, 0.2) is 28.7 Å². The fraction of sp³-hybridized carbons (Fsp3) is 0.500. The summed E-state index contributed by atoms with van der Waals surface area (Å²) in [6.45, 7) is 7.24. The van der Waals surface area contributed by atoms with Crippen molar-refractivity contribution in [1.82, 2.24) is 4.90 Å². The van der Waals surface area contributed by atoms with Gasteiger partial charge in [-0.2, -0.15) is 0 Å². The molecule has 0 spiro atoms. The van der Waals surface area contributed by atoms with Crippen LogP contribution in [0.5, 0.6) is 0 Å². The smallest absolute Gasteiger partial charge is 0.134 e. The van der Waals surface area contributed by atoms with Gasteiger partial charge in [-0.3, -0.25) is 4.90 Å². The summed E-state index contributed by atoms with van der Waals surface area (Å²) in [5.41, 5.74) is 8.14. The maximum absolute atomic E-state index is 5.85. The number of furan rings is 1. The van der Waals surface area contributed by atoms with Gasteiger partial charge < -0.3 is 10.2 Å². The van der Waals surface area contributed by atoms with Crippen LogP contribution in [0.3, 0.4) is 0 Å². The molecule has 2 N–H and O–H groups in total. The summed E-state index contributed by atoms with van der Waals surface area (Å²) in [7, 11) is 0. The second-order valence-corrected chi connectivity index (χ2v) is 5.75. The first-order valence-electron chi connectivity index (χ1n) is 7.10. The Morgan fingerprint density at radius 2 is 2.16 bits per heavy atom. The Morgan fingerprint density at radius 3 is 2.89 bits per heavy atom. The monoisotopic (exact) mass is 258 g/mol. The summed E-state index contributed by atoms with van der Waals surface area (Å²) in [6.07, 6.45) is 1.21. The molecule has 0 bridgehead atoms. The highest BCUT2D eigenvalue weighted by Crippen LogP contribution is 2.30. The highest BCUT2D eigenvalue weighted by Gasteiger charge is 2.29. The number of likely N-dealkylation sites (tertiary alicyclic amines) is 1. The molecule has 0 radical (unpaired) electrons. The number of nitrogens with two attached hydrogens (primary N) is 1. The highest BCUT2D eigenvalue weighted by molar-refractivity contribution is 5.82. The van der Waals surface area contributed by atoms with Gasteiger partial charge in [-0.15, -0.1) is 0 Å². The average Bonchev–Trinajstić information content (AvgIpc) is 2.92. The molecule has 0 saturated carbocycles. The van der Waals surface area contributed by atoms with Gasteiger partial charge in [0.2, 0.25) is 0 Å². The quantitative estimate of drug-likeness (QED) is 0.920. The lowest BCUT2D eigenvalue weighted by molar-refractivity contribution is 0.255. The van der Waals surface area contributed by atoms with E-state index in [9.17, 15) is 0 Å². The van der Waals surface area contributed by atoms with Crippen LogP contribution in [-0.2, 0) is 6.54 Å². The van der Waals surface area contributed by atoms with E-state index in [1.807, 2.05) is 12.1 Å². The van der Waals surface area contributed by atoms with Crippen molar-refractivity contribution in [1.29, 1.82) is 0 Å². The Morgan fingerprint density at radius 1 is 1.37 bits per heavy atom. The maximum Gasteiger partial charge on any atom is 0.134 e. The molecule has 2 aromatic rings. The Labute approximate surface area is 114 Å². The molecule has 2 heterocycles. The topological polar surface area (TPSA) is 42.4 Å². The van der Waals surface area contributed by atoms with E-state index in [0.717, 1.165) is 31.0 Å². The molecule has 1 fully saturated rings. The molecular weight excluding hydrogens is 236 g/mol. The Kier molecular flexibility index (Phi) is 3.33. The van der Waals surface area contributed by atoms with Crippen molar-refractivity contribution in [2.75, 3.05) is 13.1 Å². The molecule has 1 aromatic carbocycles. The summed E-state index contributed by atoms with van der Waals surface area (Å²) < 4.78 is 5.85. The Hall–Kier alpha value is -1.32. The summed E-state index contributed by atoms with van der Waals surface area (Å²) >= 11 is 0. The number of fused-ring (bicyclic) bond motifs is 1. The Bertz CT molecular complexity index is 575. The number of aryl methyl sites for hydroxylation is 1. The fourth-order valence-corrected chi connectivity index (χ4v) is 3.23. The first kappa shape index (κ1) is 12.7. The maximum atomic E-state index is 5.85. The van der Waals surface area contributed by atoms with Gasteiger partial charge in [-0.05, 0) is 38.8 Å². The minimum absolute atomic E-state index is 0.613. The first-order chi connectivity index (χ1) is 9.19. The molecule has 3 nitrogen and oxygen atoms in total. The lowest BCUT2D eigenvalue weighted by Gasteiger charge is -2.20. The van der Waals surface area contributed by atoms with Gasteiger partial charge in [0.1, 0.15) is 11.3 Å². The molecule has 1 aliphatic heterocycles. The standard InChI is InChI=1S/C16H22N2O/c1-11-7-13(8-17)9-18(11)10-15-12(2)19-16-6-4-3-5-14(15)16/h3-6,11,13H,7-10,17H2,1-2H3. The zero-order valence-corrected chi connectivity index (χ0v) is 11.7. The van der Waals surface area contributed by atoms with Crippen molar-refractivity contribution < 1.29 is 4.42 Å². The van der Waals surface area contributed by atoms with Crippen LogP contribution in [0, 0.1) is 12.8 Å². The molecule has 2 atom stereocenters. The predicted molar refractivity (Wildman–Crippen MR) is 78.0 cm³/mol. The molecule has 3 rings (SSSR count). The van der Waals surface area contributed by atoms with Crippen LogP contribution >= 0.6 is 0 Å². The number of nitrogens with zero attached hydrogens (tertiary/aromatic N) is 1. The van der Waals surface area contributed by atoms with Crippen molar-refractivity contribution in [3.8, 4) is 0 Å². The molecule has 3 heteroatoms. The van der Waals surface area contributed by atoms with E-state index < -0.39 is 0 Å². The number of benzene rings is 1. The zero-order valence-electron chi connectivity index (χ0n) is 11.7. The van der Waals surface area contributed by atoms with Gasteiger partial charge in [-0.25, -0.2) is 0 Å². The van der Waals surface area contributed by atoms with Crippen LogP contribution in [0.4, 0.5) is 0 Å². The van der Waals surface area contributed by atoms with Gasteiger partial charge in [0.25, 0.3) is 0 Å². The van der Waals surface area contributed by atoms with Crippen molar-refractivity contribution >= 4 is 11.0 Å². The largest absolute Gasteiger partial charge is 0.461 e. The molecular formula is C16H22N2O. The first-order valence-corrected chi connectivity index (χ1v) is 7.10. The minimum Gasteiger partial charge on any atom is -0.461 e. The molecule has 2 unspecified atom stereocenters. The highest BCUT2D eigenvalue weighted by atomic mass is 16.3. The third-order valence-electron chi connectivity index (χ3n) is 4.39. The van der Waals surface area contributed by atoms with E-state index in [1.54, 1.807) is 0 Å². The summed E-state index contributed by atoms with van der Waals surface area (Å²) in [5, 5.41) is 1.25. The van der Waals surface area contributed by atoms with Crippen molar-refractivity contribution in [3.05, 3.63) is 35.6 Å². The van der Waals surface area contributed by atoms with Crippen LogP contribution < -0.4 is 5.73 Å². The van der Waals surface area contributed by atoms with Crippen molar-refractivity contribution in [2.45, 2.75) is 32.9 Å². The zero-order chi connectivity index (χ0) is 13.4. The number of para-hydroxylation sites is 1. The molecule has 19 heavy (non-hydrogen) atoms. The fourth-order valence-electron chi connectivity index (χ4n) is 3.23. The van der Waals surface area contributed by atoms with E-state index in [4.69, 9.17) is 10.2 Å². The number of hydrogen-bond acceptors (Lipinski definition) is 3. The van der Waals surface area contributed by atoms with Gasteiger partial charge in [0.15, 0.2) is 0 Å². The third-order valence-corrected chi connectivity index (χ3v) is 4.39. The lowest BCUT2D eigenvalue weighted by atomic mass is 10.1. The minimum atomic E-state index is 0.613. The van der Waals surface area contributed by atoms with E-state index in [0.29, 0.717) is 12.0 Å². The normalized spacial score (nSPS) is 24.4. The second kappa shape index (κ2) is 4.99. The second-order valence-electron chi connectivity index (χ2n) is 5.75. The van der Waals surface area contributed by atoms with Crippen molar-refractivity contribution in [3.63, 3.8) is 0 Å². The van der Waals surface area contributed by atoms with Crippen LogP contribution in [-0.4, -0.2) is 24.0 Å². The molecule has 102 valence electrons. The van der Waals surface area contributed by atoms with Crippen LogP contribution in [0.1, 0.15) is 24.7 Å². The van der Waals surface area contributed by atoms with Gasteiger partial charge in [-0.1, -0.05) is 18.2 Å². The lowest BCUT2D eigenvalue weighted by Crippen LogP contribution is -2.27. The number of hydrogen-bond donors (Lipinski definition) is 1. The average molecular weight is 258 g/mol. The van der Waals surface area contributed by atoms with E-state index in [1.165, 1.54) is 17.4 Å². The van der Waals surface area contributed by atoms with Crippen LogP contribution in [0.25, 0.3) is 11.0 Å². The SMILES string of the molecule is Cc1oc2ccccc2c1CN1CC(CN)CC1C. The third kappa shape index (κ3) is 2.28. The molecule has 1 aliphatic rings. The van der Waals surface area contributed by atoms with E-state index >= 15 is 0 Å². The summed E-state index contributed by atoms with van der Waals surface area (Å²) in [4.78, 5) is 2.53. The molecule has 0 amide bonds. The predicted octanol–water partition coefficient (Wildman–Crippen LogP) is 2.91. The number of rotatable bonds is 3. The van der Waals surface area contributed by atoms with E-state index in [-0.39, 0.29) is 0 Å². The van der Waals surface area contributed by atoms with Crippen LogP contribution in [0.2, 0.25) is 0 Å².